The normalized spacial score (nSPS) is 0. The predicted molar refractivity (Wildman–Crippen MR) is 10.8 cm³/mol. The quantitative estimate of drug-likeness (QED) is 0.415. The van der Waals surface area contributed by atoms with Gasteiger partial charge in [-0.15, -0.1) is 0 Å². The summed E-state index contributed by atoms with van der Waals surface area (Å²) in [6.45, 7) is 0. The van der Waals surface area contributed by atoms with Crippen LogP contribution in [0.15, 0.2) is 0 Å². The van der Waals surface area contributed by atoms with Crippen LogP contribution in [0, 0.1) is 35.6 Å². The topological polar surface area (TPSA) is 31.5 Å². The monoisotopic (exact) mass is 436 g/mol. The third-order valence-electron chi connectivity index (χ3n) is 0. The van der Waals surface area contributed by atoms with Crippen molar-refractivity contribution in [2.24, 2.45) is 0 Å². The van der Waals surface area contributed by atoms with Gasteiger partial charge in [0.05, 0.1) is 0 Å². The number of rotatable bonds is 0. The van der Waals surface area contributed by atoms with Crippen molar-refractivity contribution in [1.82, 2.24) is 0 Å². The fourth-order valence-corrected chi connectivity index (χ4v) is 0. The largest absolute Gasteiger partial charge is 0 e. The molecule has 0 amide bonds. The molecule has 0 aliphatic rings. The van der Waals surface area contributed by atoms with Gasteiger partial charge >= 0.3 is 18.9 Å². The second-order valence-corrected chi connectivity index (χ2v) is 0. The van der Waals surface area contributed by atoms with Crippen LogP contribution in [0.1, 0.15) is 0 Å². The Morgan fingerprint density at radius 2 is 1.00 bits per heavy atom. The van der Waals surface area contributed by atoms with Crippen molar-refractivity contribution in [1.29, 1.82) is 0 Å². The van der Waals surface area contributed by atoms with E-state index < -0.39 is 0 Å². The summed E-state index contributed by atoms with van der Waals surface area (Å²) in [6, 6.07) is 0. The Morgan fingerprint density at radius 3 is 1.00 bits per heavy atom. The Balaban J connectivity index is 0. The van der Waals surface area contributed by atoms with Crippen LogP contribution in [0.5, 0.6) is 0 Å². The van der Waals surface area contributed by atoms with Gasteiger partial charge in [-0.3, -0.25) is 0 Å². The molecule has 0 aromatic heterocycles. The summed E-state index contributed by atoms with van der Waals surface area (Å²) < 4.78 is 0. The van der Waals surface area contributed by atoms with Crippen molar-refractivity contribution in [3.63, 3.8) is 0 Å². The zero-order valence-electron chi connectivity index (χ0n) is 2.02. The molecule has 2 N–H and O–H groups in total. The van der Waals surface area contributed by atoms with Gasteiger partial charge in [0.1, 0.15) is 0 Å². The van der Waals surface area contributed by atoms with Gasteiger partial charge in [0.15, 0.2) is 0 Å². The van der Waals surface area contributed by atoms with E-state index in [4.69, 9.17) is 0 Å². The minimum absolute atomic E-state index is 0. The van der Waals surface area contributed by atoms with Crippen LogP contribution >= 0.6 is 0 Å². The Bertz CT molecular complexity index is 11.6. The molecule has 2 radical (unpaired) electrons. The van der Waals surface area contributed by atoms with Crippen LogP contribution in [0.2, 0.25) is 0 Å². The Kier molecular flexibility index (Phi) is 210. The molecular formula is H3LaLiOTaZr. The molecule has 0 aliphatic carbocycles. The first-order valence-electron chi connectivity index (χ1n) is 0. The smallest absolute Gasteiger partial charge is 0 e. The van der Waals surface area contributed by atoms with Crippen molar-refractivity contribution >= 4 is 18.9 Å². The maximum Gasteiger partial charge on any atom is 0 e. The van der Waals surface area contributed by atoms with Crippen LogP contribution in [0.4, 0.5) is 0 Å². The molecule has 5 heavy (non-hydrogen) atoms. The Hall–Kier alpha value is 3.38. The van der Waals surface area contributed by atoms with Crippen molar-refractivity contribution in [3.05, 3.63) is 0 Å². The second kappa shape index (κ2) is 26.3. The molecule has 5 heteroatoms. The number of hydrogen-bond acceptors (Lipinski definition) is 0. The van der Waals surface area contributed by atoms with Crippen molar-refractivity contribution in [2.75, 3.05) is 0 Å². The minimum Gasteiger partial charge on any atom is 0 e. The molecule has 0 bridgehead atoms. The van der Waals surface area contributed by atoms with E-state index in [0.29, 0.717) is 0 Å². The first-order valence-corrected chi connectivity index (χ1v) is 0. The van der Waals surface area contributed by atoms with E-state index in [-0.39, 0.29) is 109 Å². The molecule has 0 saturated heterocycles. The summed E-state index contributed by atoms with van der Waals surface area (Å²) >= 11 is 0. The summed E-state index contributed by atoms with van der Waals surface area (Å²) in [4.78, 5) is 0. The Labute approximate surface area is 106 Å². The van der Waals surface area contributed by atoms with Crippen LogP contribution in [0.25, 0.3) is 0 Å². The van der Waals surface area contributed by atoms with E-state index >= 15 is 0 Å². The molecule has 0 heterocycles. The molecule has 0 spiro atoms. The zero-order valence-corrected chi connectivity index (χ0v) is 11.3. The molecule has 0 rings (SSSR count). The van der Waals surface area contributed by atoms with Gasteiger partial charge in [-0.25, -0.2) is 0 Å². The van der Waals surface area contributed by atoms with E-state index in [1.807, 2.05) is 0 Å². The molecule has 0 aromatic carbocycles. The summed E-state index contributed by atoms with van der Waals surface area (Å²) in [6.07, 6.45) is 0. The summed E-state index contributed by atoms with van der Waals surface area (Å²) in [5.41, 5.74) is 0. The van der Waals surface area contributed by atoms with Gasteiger partial charge in [0, 0.05) is 84.2 Å². The summed E-state index contributed by atoms with van der Waals surface area (Å²) in [5.74, 6) is 0. The maximum atomic E-state index is 0. The molecule has 0 fully saturated rings. The molecule has 0 unspecified atom stereocenters. The average Bonchev–Trinajstić information content (AvgIpc) is 0. The molecule has 1 nitrogen and oxygen atoms in total. The molecule has 0 aliphatic heterocycles. The van der Waals surface area contributed by atoms with E-state index in [2.05, 4.69) is 0 Å². The van der Waals surface area contributed by atoms with E-state index in [1.165, 1.54) is 0 Å². The van der Waals surface area contributed by atoms with Gasteiger partial charge in [-0.2, -0.15) is 0 Å². The maximum absolute atomic E-state index is 0. The van der Waals surface area contributed by atoms with Gasteiger partial charge in [-0.05, 0) is 0 Å². The van der Waals surface area contributed by atoms with Gasteiger partial charge in [-0.1, -0.05) is 0 Å². The van der Waals surface area contributed by atoms with Gasteiger partial charge < -0.3 is 5.48 Å². The van der Waals surface area contributed by atoms with E-state index in [0.717, 1.165) is 0 Å². The second-order valence-electron chi connectivity index (χ2n) is 0. The van der Waals surface area contributed by atoms with Gasteiger partial charge in [0.2, 0.25) is 0 Å². The SMILES string of the molecule is O.[La].[LiH].[Ta].[Zr]. The van der Waals surface area contributed by atoms with Crippen LogP contribution in [0.3, 0.4) is 0 Å². The van der Waals surface area contributed by atoms with Crippen LogP contribution in [-0.2, 0) is 48.6 Å². The average molecular weight is 437 g/mol. The molecule has 0 saturated carbocycles. The first-order chi connectivity index (χ1) is 0. The summed E-state index contributed by atoms with van der Waals surface area (Å²) in [7, 11) is 0. The van der Waals surface area contributed by atoms with Crippen LogP contribution in [-0.4, -0.2) is 24.3 Å². The van der Waals surface area contributed by atoms with E-state index in [9.17, 15) is 0 Å². The van der Waals surface area contributed by atoms with E-state index in [1.54, 1.807) is 0 Å². The van der Waals surface area contributed by atoms with Crippen molar-refractivity contribution in [2.45, 2.75) is 0 Å². The molecule has 22 valence electrons. The zero-order chi connectivity index (χ0) is 0. The Morgan fingerprint density at radius 1 is 1.00 bits per heavy atom. The van der Waals surface area contributed by atoms with Crippen LogP contribution < -0.4 is 0 Å². The number of hydrogen-bond donors (Lipinski definition) is 0. The fourth-order valence-electron chi connectivity index (χ4n) is 0. The third kappa shape index (κ3) is 18.7. The van der Waals surface area contributed by atoms with Gasteiger partial charge in [0.25, 0.3) is 0 Å². The minimum atomic E-state index is 0. The third-order valence-corrected chi connectivity index (χ3v) is 0. The molecule has 0 atom stereocenters. The predicted octanol–water partition coefficient (Wildman–Crippen LogP) is -1.48. The molecule has 0 aromatic rings. The molecular weight excluding hydrogens is 434 g/mol. The first kappa shape index (κ1) is 40.0. The van der Waals surface area contributed by atoms with Crippen molar-refractivity contribution < 1.29 is 89.7 Å². The summed E-state index contributed by atoms with van der Waals surface area (Å²) in [5, 5.41) is 0. The standard InChI is InChI=1S/La.Li.H2O.Ta.Zr.H/h;;1H2;;;. The van der Waals surface area contributed by atoms with Crippen molar-refractivity contribution in [3.8, 4) is 0 Å². The fraction of sp³-hybridized carbons (Fsp3) is 0.